The van der Waals surface area contributed by atoms with Crippen molar-refractivity contribution in [3.8, 4) is 17.2 Å². The molecule has 6 nitrogen and oxygen atoms in total. The lowest BCUT2D eigenvalue weighted by atomic mass is 10.1. The Hall–Kier alpha value is -4.38. The molecule has 0 aliphatic carbocycles. The van der Waals surface area contributed by atoms with Gasteiger partial charge in [0.2, 0.25) is 5.95 Å². The fourth-order valence-corrected chi connectivity index (χ4v) is 2.91. The predicted molar refractivity (Wildman–Crippen MR) is 114 cm³/mol. The molecule has 31 heavy (non-hydrogen) atoms. The number of benzene rings is 2. The van der Waals surface area contributed by atoms with Crippen molar-refractivity contribution < 1.29 is 8.78 Å². The van der Waals surface area contributed by atoms with Crippen LogP contribution < -0.4 is 10.6 Å². The van der Waals surface area contributed by atoms with Crippen molar-refractivity contribution in [2.75, 3.05) is 10.6 Å². The maximum Gasteiger partial charge on any atom is 0.229 e. The fraction of sp³-hybridized carbons (Fsp3) is 0.0435. The number of hydrogen-bond acceptors (Lipinski definition) is 6. The van der Waals surface area contributed by atoms with Gasteiger partial charge in [-0.05, 0) is 66.6 Å². The van der Waals surface area contributed by atoms with Gasteiger partial charge < -0.3 is 10.6 Å². The lowest BCUT2D eigenvalue weighted by Gasteiger charge is -2.13. The molecule has 0 unspecified atom stereocenters. The van der Waals surface area contributed by atoms with E-state index < -0.39 is 11.6 Å². The molecular formula is C23H16F2N6. The highest BCUT2D eigenvalue weighted by atomic mass is 19.1. The second kappa shape index (κ2) is 8.55. The smallest absolute Gasteiger partial charge is 0.229 e. The number of aryl methyl sites for hydroxylation is 1. The Morgan fingerprint density at radius 3 is 2.23 bits per heavy atom. The fourth-order valence-electron chi connectivity index (χ4n) is 2.91. The standard InChI is InChI=1S/C23H16F2N6/c1-14-13-28-23(29-18-4-2-15(12-26)3-5-18)31-22(14)30-21-19(24)10-17(11-20(21)25)16-6-8-27-9-7-16/h2-11,13H,1H3,(H2,28,29,30,31). The molecule has 4 rings (SSSR count). The van der Waals surface area contributed by atoms with E-state index in [1.54, 1.807) is 61.9 Å². The van der Waals surface area contributed by atoms with E-state index in [-0.39, 0.29) is 17.5 Å². The maximum atomic E-state index is 14.7. The van der Waals surface area contributed by atoms with E-state index in [0.29, 0.717) is 27.9 Å². The minimum atomic E-state index is -0.744. The summed E-state index contributed by atoms with van der Waals surface area (Å²) in [7, 11) is 0. The van der Waals surface area contributed by atoms with Crippen LogP contribution in [-0.4, -0.2) is 15.0 Å². The lowest BCUT2D eigenvalue weighted by Crippen LogP contribution is -2.05. The third-order valence-electron chi connectivity index (χ3n) is 4.54. The molecule has 0 saturated heterocycles. The SMILES string of the molecule is Cc1cnc(Nc2ccc(C#N)cc2)nc1Nc1c(F)cc(-c2ccncc2)cc1F. The summed E-state index contributed by atoms with van der Waals surface area (Å²) >= 11 is 0. The molecule has 0 bridgehead atoms. The Morgan fingerprint density at radius 1 is 0.903 bits per heavy atom. The molecule has 0 saturated carbocycles. The van der Waals surface area contributed by atoms with Crippen molar-refractivity contribution in [1.29, 1.82) is 5.26 Å². The van der Waals surface area contributed by atoms with Crippen LogP contribution in [0, 0.1) is 29.9 Å². The summed E-state index contributed by atoms with van der Waals surface area (Å²) in [4.78, 5) is 12.4. The summed E-state index contributed by atoms with van der Waals surface area (Å²) in [6.45, 7) is 1.73. The average molecular weight is 414 g/mol. The number of aromatic nitrogens is 3. The van der Waals surface area contributed by atoms with E-state index in [1.807, 2.05) is 6.07 Å². The second-order valence-electron chi connectivity index (χ2n) is 6.72. The van der Waals surface area contributed by atoms with Crippen LogP contribution in [0.15, 0.2) is 67.1 Å². The highest BCUT2D eigenvalue weighted by molar-refractivity contribution is 5.69. The first-order chi connectivity index (χ1) is 15.0. The largest absolute Gasteiger partial charge is 0.335 e. The van der Waals surface area contributed by atoms with E-state index >= 15 is 0 Å². The van der Waals surface area contributed by atoms with Gasteiger partial charge in [0, 0.05) is 29.8 Å². The molecule has 0 radical (unpaired) electrons. The van der Waals surface area contributed by atoms with Gasteiger partial charge in [0.25, 0.3) is 0 Å². The van der Waals surface area contributed by atoms with Gasteiger partial charge >= 0.3 is 0 Å². The van der Waals surface area contributed by atoms with Crippen LogP contribution in [-0.2, 0) is 0 Å². The summed E-state index contributed by atoms with van der Waals surface area (Å²) in [5, 5.41) is 14.6. The number of anilines is 4. The molecule has 0 amide bonds. The first kappa shape index (κ1) is 19.9. The Kier molecular flexibility index (Phi) is 5.49. The molecule has 152 valence electrons. The minimum Gasteiger partial charge on any atom is -0.335 e. The molecule has 0 spiro atoms. The zero-order valence-corrected chi connectivity index (χ0v) is 16.4. The number of pyridine rings is 1. The summed E-state index contributed by atoms with van der Waals surface area (Å²) in [5.74, 6) is -0.981. The van der Waals surface area contributed by atoms with E-state index in [2.05, 4.69) is 25.6 Å². The van der Waals surface area contributed by atoms with Crippen LogP contribution in [0.4, 0.5) is 31.9 Å². The molecule has 2 aromatic carbocycles. The van der Waals surface area contributed by atoms with Gasteiger partial charge in [0.15, 0.2) is 0 Å². The van der Waals surface area contributed by atoms with E-state index in [4.69, 9.17) is 5.26 Å². The Bertz CT molecular complexity index is 1240. The Morgan fingerprint density at radius 2 is 1.58 bits per heavy atom. The zero-order chi connectivity index (χ0) is 21.8. The van der Waals surface area contributed by atoms with Crippen LogP contribution in [0.25, 0.3) is 11.1 Å². The summed E-state index contributed by atoms with van der Waals surface area (Å²) < 4.78 is 29.5. The molecule has 0 aliphatic heterocycles. The quantitative estimate of drug-likeness (QED) is 0.449. The summed E-state index contributed by atoms with van der Waals surface area (Å²) in [5.41, 5.74) is 2.58. The monoisotopic (exact) mass is 414 g/mol. The van der Waals surface area contributed by atoms with Gasteiger partial charge in [0.1, 0.15) is 23.1 Å². The average Bonchev–Trinajstić information content (AvgIpc) is 2.79. The zero-order valence-electron chi connectivity index (χ0n) is 16.4. The van der Waals surface area contributed by atoms with Gasteiger partial charge in [0.05, 0.1) is 11.6 Å². The van der Waals surface area contributed by atoms with Crippen LogP contribution in [0.3, 0.4) is 0 Å². The topological polar surface area (TPSA) is 86.5 Å². The predicted octanol–water partition coefficient (Wildman–Crippen LogP) is 5.48. The van der Waals surface area contributed by atoms with Crippen LogP contribution in [0.5, 0.6) is 0 Å². The van der Waals surface area contributed by atoms with Crippen molar-refractivity contribution in [2.24, 2.45) is 0 Å². The number of nitrogens with one attached hydrogen (secondary N) is 2. The first-order valence-corrected chi connectivity index (χ1v) is 9.31. The Labute approximate surface area is 177 Å². The highest BCUT2D eigenvalue weighted by Gasteiger charge is 2.15. The molecule has 2 aromatic heterocycles. The summed E-state index contributed by atoms with van der Waals surface area (Å²) in [6, 6.07) is 14.7. The Balaban J connectivity index is 1.60. The molecule has 2 N–H and O–H groups in total. The van der Waals surface area contributed by atoms with Crippen LogP contribution >= 0.6 is 0 Å². The molecule has 0 aliphatic rings. The molecule has 4 aromatic rings. The van der Waals surface area contributed by atoms with Gasteiger partial charge in [-0.2, -0.15) is 10.2 Å². The maximum absolute atomic E-state index is 14.7. The summed E-state index contributed by atoms with van der Waals surface area (Å²) in [6.07, 6.45) is 4.66. The lowest BCUT2D eigenvalue weighted by molar-refractivity contribution is 0.591. The van der Waals surface area contributed by atoms with Crippen LogP contribution in [0.1, 0.15) is 11.1 Å². The normalized spacial score (nSPS) is 10.4. The third-order valence-corrected chi connectivity index (χ3v) is 4.54. The molecular weight excluding hydrogens is 398 g/mol. The van der Waals surface area contributed by atoms with Crippen molar-refractivity contribution in [2.45, 2.75) is 6.92 Å². The second-order valence-corrected chi connectivity index (χ2v) is 6.72. The van der Waals surface area contributed by atoms with Crippen molar-refractivity contribution in [3.63, 3.8) is 0 Å². The number of halogens is 2. The third kappa shape index (κ3) is 4.46. The molecule has 0 atom stereocenters. The van der Waals surface area contributed by atoms with Gasteiger partial charge in [-0.25, -0.2) is 13.8 Å². The van der Waals surface area contributed by atoms with Gasteiger partial charge in [-0.1, -0.05) is 0 Å². The number of hydrogen-bond donors (Lipinski definition) is 2. The van der Waals surface area contributed by atoms with E-state index in [1.165, 1.54) is 12.1 Å². The van der Waals surface area contributed by atoms with Crippen molar-refractivity contribution >= 4 is 23.1 Å². The molecule has 8 heteroatoms. The van der Waals surface area contributed by atoms with Crippen LogP contribution in [0.2, 0.25) is 0 Å². The molecule has 0 fully saturated rings. The van der Waals surface area contributed by atoms with Gasteiger partial charge in [-0.3, -0.25) is 4.98 Å². The first-order valence-electron chi connectivity index (χ1n) is 9.31. The van der Waals surface area contributed by atoms with Crippen molar-refractivity contribution in [3.05, 3.63) is 89.9 Å². The highest BCUT2D eigenvalue weighted by Crippen LogP contribution is 2.30. The van der Waals surface area contributed by atoms with E-state index in [9.17, 15) is 8.78 Å². The molecule has 2 heterocycles. The number of nitriles is 1. The minimum absolute atomic E-state index is 0.243. The van der Waals surface area contributed by atoms with Crippen molar-refractivity contribution in [1.82, 2.24) is 15.0 Å². The number of nitrogens with zero attached hydrogens (tertiary/aromatic N) is 4. The van der Waals surface area contributed by atoms with Gasteiger partial charge in [-0.15, -0.1) is 0 Å². The number of rotatable bonds is 5. The van der Waals surface area contributed by atoms with E-state index in [0.717, 1.165) is 0 Å².